The smallest absolute Gasteiger partial charge is 0.227 e. The average molecular weight is 353 g/mol. The van der Waals surface area contributed by atoms with E-state index in [1.807, 2.05) is 35.0 Å². The molecule has 1 aromatic carbocycles. The van der Waals surface area contributed by atoms with E-state index >= 15 is 0 Å². The van der Waals surface area contributed by atoms with E-state index in [0.29, 0.717) is 26.2 Å². The van der Waals surface area contributed by atoms with Crippen molar-refractivity contribution in [1.29, 1.82) is 0 Å². The second-order valence-corrected chi connectivity index (χ2v) is 6.72. The largest absolute Gasteiger partial charge is 0.332 e. The van der Waals surface area contributed by atoms with Gasteiger partial charge in [-0.3, -0.25) is 14.2 Å². The molecule has 0 saturated heterocycles. The van der Waals surface area contributed by atoms with E-state index in [1.54, 1.807) is 23.0 Å². The number of fused-ring (bicyclic) bond motifs is 1. The molecular weight excluding hydrogens is 333 g/mol. The van der Waals surface area contributed by atoms with Crippen LogP contribution in [-0.4, -0.2) is 30.4 Å². The Morgan fingerprint density at radius 3 is 2.77 bits per heavy atom. The van der Waals surface area contributed by atoms with Crippen LogP contribution in [0, 0.1) is 11.7 Å². The van der Waals surface area contributed by atoms with Crippen molar-refractivity contribution >= 4 is 5.91 Å². The highest BCUT2D eigenvalue weighted by atomic mass is 19.1. The fraction of sp³-hybridized carbons (Fsp3) is 0.316. The van der Waals surface area contributed by atoms with Crippen LogP contribution in [0.5, 0.6) is 0 Å². The molecule has 1 aliphatic heterocycles. The number of benzene rings is 1. The van der Waals surface area contributed by atoms with Crippen molar-refractivity contribution in [3.8, 4) is 0 Å². The van der Waals surface area contributed by atoms with Crippen LogP contribution in [0.4, 0.5) is 4.39 Å². The summed E-state index contributed by atoms with van der Waals surface area (Å²) in [6.07, 6.45) is 5.40. The molecule has 4 rings (SSSR count). The Balaban J connectivity index is 1.43. The van der Waals surface area contributed by atoms with Crippen LogP contribution >= 0.6 is 0 Å². The quantitative estimate of drug-likeness (QED) is 0.708. The van der Waals surface area contributed by atoms with Gasteiger partial charge in [0.1, 0.15) is 5.82 Å². The number of nitrogens with zero attached hydrogens (tertiary/aromatic N) is 5. The van der Waals surface area contributed by atoms with E-state index in [9.17, 15) is 9.18 Å². The lowest BCUT2D eigenvalue weighted by Gasteiger charge is -2.21. The summed E-state index contributed by atoms with van der Waals surface area (Å²) >= 11 is 0. The van der Waals surface area contributed by atoms with E-state index in [-0.39, 0.29) is 17.6 Å². The molecule has 0 aliphatic carbocycles. The maximum absolute atomic E-state index is 13.1. The van der Waals surface area contributed by atoms with Crippen LogP contribution in [0.1, 0.15) is 23.7 Å². The van der Waals surface area contributed by atoms with Gasteiger partial charge >= 0.3 is 0 Å². The molecule has 3 heterocycles. The zero-order valence-corrected chi connectivity index (χ0v) is 14.5. The summed E-state index contributed by atoms with van der Waals surface area (Å²) < 4.78 is 16.7. The second kappa shape index (κ2) is 6.74. The summed E-state index contributed by atoms with van der Waals surface area (Å²) in [7, 11) is 0. The lowest BCUT2D eigenvalue weighted by molar-refractivity contribution is -0.136. The van der Waals surface area contributed by atoms with Gasteiger partial charge in [-0.15, -0.1) is 0 Å². The molecule has 2 aromatic heterocycles. The Hall–Kier alpha value is -2.96. The fourth-order valence-electron chi connectivity index (χ4n) is 3.34. The summed E-state index contributed by atoms with van der Waals surface area (Å²) in [5.41, 5.74) is 3.11. The number of rotatable bonds is 5. The van der Waals surface area contributed by atoms with Crippen LogP contribution in [-0.2, 0) is 31.0 Å². The van der Waals surface area contributed by atoms with Crippen LogP contribution in [0.25, 0.3) is 0 Å². The lowest BCUT2D eigenvalue weighted by Crippen LogP contribution is -2.33. The molecule has 6 nitrogen and oxygen atoms in total. The molecular formula is C19H20FN5O. The molecule has 1 aliphatic rings. The lowest BCUT2D eigenvalue weighted by atomic mass is 10.1. The monoisotopic (exact) mass is 353 g/mol. The molecule has 26 heavy (non-hydrogen) atoms. The molecule has 0 bridgehead atoms. The number of carbonyl (C=O) groups excluding carboxylic acids is 1. The van der Waals surface area contributed by atoms with Crippen LogP contribution in [0.15, 0.2) is 48.9 Å². The first-order valence-electron chi connectivity index (χ1n) is 8.64. The van der Waals surface area contributed by atoms with Crippen molar-refractivity contribution < 1.29 is 9.18 Å². The summed E-state index contributed by atoms with van der Waals surface area (Å²) in [5.74, 6) is -0.273. The van der Waals surface area contributed by atoms with Crippen molar-refractivity contribution in [3.63, 3.8) is 0 Å². The van der Waals surface area contributed by atoms with Gasteiger partial charge in [0.2, 0.25) is 5.91 Å². The van der Waals surface area contributed by atoms with Gasteiger partial charge < -0.3 is 4.90 Å². The maximum atomic E-state index is 13.1. The highest BCUT2D eigenvalue weighted by molar-refractivity contribution is 5.79. The molecule has 0 fully saturated rings. The van der Waals surface area contributed by atoms with Crippen LogP contribution in [0.3, 0.4) is 0 Å². The van der Waals surface area contributed by atoms with E-state index in [1.165, 1.54) is 12.1 Å². The molecule has 1 atom stereocenters. The third-order valence-electron chi connectivity index (χ3n) is 4.74. The Bertz CT molecular complexity index is 901. The predicted molar refractivity (Wildman–Crippen MR) is 93.4 cm³/mol. The fourth-order valence-corrected chi connectivity index (χ4v) is 3.34. The third-order valence-corrected chi connectivity index (χ3v) is 4.74. The molecule has 0 spiro atoms. The molecule has 7 heteroatoms. The molecule has 0 saturated carbocycles. The van der Waals surface area contributed by atoms with Crippen molar-refractivity contribution in [2.24, 2.45) is 5.92 Å². The average Bonchev–Trinajstić information content (AvgIpc) is 3.35. The minimum Gasteiger partial charge on any atom is -0.332 e. The van der Waals surface area contributed by atoms with Gasteiger partial charge in [-0.25, -0.2) is 4.39 Å². The highest BCUT2D eigenvalue weighted by Crippen LogP contribution is 2.25. The minimum atomic E-state index is -0.248. The van der Waals surface area contributed by atoms with Gasteiger partial charge in [0, 0.05) is 24.5 Å². The van der Waals surface area contributed by atoms with Gasteiger partial charge in [0.05, 0.1) is 37.4 Å². The van der Waals surface area contributed by atoms with Gasteiger partial charge in [0.15, 0.2) is 0 Å². The number of amides is 1. The standard InChI is InChI=1S/C19H20FN5O/c1-14(10-24-8-2-7-21-24)19(26)23-12-16-9-22-25(18(16)13-23)11-15-3-5-17(20)6-4-15/h2-9,14H,10-13H2,1H3. The number of carbonyl (C=O) groups is 1. The summed E-state index contributed by atoms with van der Waals surface area (Å²) in [5, 5.41) is 8.59. The van der Waals surface area contributed by atoms with E-state index in [4.69, 9.17) is 0 Å². The second-order valence-electron chi connectivity index (χ2n) is 6.72. The maximum Gasteiger partial charge on any atom is 0.227 e. The first-order chi connectivity index (χ1) is 12.6. The van der Waals surface area contributed by atoms with Gasteiger partial charge in [0.25, 0.3) is 0 Å². The molecule has 134 valence electrons. The number of aromatic nitrogens is 4. The van der Waals surface area contributed by atoms with Crippen molar-refractivity contribution in [3.05, 3.63) is 71.6 Å². The number of hydrogen-bond donors (Lipinski definition) is 0. The minimum absolute atomic E-state index is 0.116. The highest BCUT2D eigenvalue weighted by Gasteiger charge is 2.29. The molecule has 1 amide bonds. The van der Waals surface area contributed by atoms with Gasteiger partial charge in [-0.2, -0.15) is 10.2 Å². The molecule has 3 aromatic rings. The summed E-state index contributed by atoms with van der Waals surface area (Å²) in [4.78, 5) is 14.6. The molecule has 0 radical (unpaired) electrons. The van der Waals surface area contributed by atoms with Crippen LogP contribution in [0.2, 0.25) is 0 Å². The van der Waals surface area contributed by atoms with Gasteiger partial charge in [-0.05, 0) is 23.8 Å². The molecule has 1 unspecified atom stereocenters. The van der Waals surface area contributed by atoms with Crippen molar-refractivity contribution in [2.75, 3.05) is 0 Å². The van der Waals surface area contributed by atoms with Gasteiger partial charge in [-0.1, -0.05) is 19.1 Å². The van der Waals surface area contributed by atoms with E-state index < -0.39 is 0 Å². The SMILES string of the molecule is CC(Cn1cccn1)C(=O)N1Cc2cnn(Cc3ccc(F)cc3)c2C1. The molecule has 0 N–H and O–H groups in total. The first kappa shape index (κ1) is 16.5. The van der Waals surface area contributed by atoms with Crippen molar-refractivity contribution in [2.45, 2.75) is 33.1 Å². The Morgan fingerprint density at radius 1 is 1.23 bits per heavy atom. The van der Waals surface area contributed by atoms with Crippen LogP contribution < -0.4 is 0 Å². The van der Waals surface area contributed by atoms with Crippen molar-refractivity contribution in [1.82, 2.24) is 24.5 Å². The normalized spacial score (nSPS) is 14.5. The van der Waals surface area contributed by atoms with E-state index in [2.05, 4.69) is 10.2 Å². The third kappa shape index (κ3) is 3.24. The summed E-state index contributed by atoms with van der Waals surface area (Å²) in [6.45, 7) is 4.21. The first-order valence-corrected chi connectivity index (χ1v) is 8.64. The zero-order chi connectivity index (χ0) is 18.1. The summed E-state index contributed by atoms with van der Waals surface area (Å²) in [6, 6.07) is 8.27. The Kier molecular flexibility index (Phi) is 4.28. The zero-order valence-electron chi connectivity index (χ0n) is 14.5. The topological polar surface area (TPSA) is 56.0 Å². The Labute approximate surface area is 150 Å². The number of hydrogen-bond acceptors (Lipinski definition) is 3. The Morgan fingerprint density at radius 2 is 2.04 bits per heavy atom. The number of halogens is 1. The van der Waals surface area contributed by atoms with E-state index in [0.717, 1.165) is 16.8 Å². The predicted octanol–water partition coefficient (Wildman–Crippen LogP) is 2.45.